The highest BCUT2D eigenvalue weighted by Crippen LogP contribution is 2.18. The third kappa shape index (κ3) is 5.55. The lowest BCUT2D eigenvalue weighted by Gasteiger charge is -2.11. The minimum atomic E-state index is 0.313. The molecule has 4 heteroatoms. The van der Waals surface area contributed by atoms with Crippen LogP contribution in [0.15, 0.2) is 6.20 Å². The maximum absolute atomic E-state index is 5.74. The van der Waals surface area contributed by atoms with E-state index in [1.54, 1.807) is 6.20 Å². The van der Waals surface area contributed by atoms with Crippen LogP contribution in [0.1, 0.15) is 70.3 Å². The Morgan fingerprint density at radius 1 is 1.21 bits per heavy atom. The lowest BCUT2D eigenvalue weighted by molar-refractivity contribution is 0.298. The van der Waals surface area contributed by atoms with E-state index in [9.17, 15) is 0 Å². The standard InChI is InChI=1S/C15H27N3O/c1-4-5-6-7-8-9-19-14-11-17-15(12(2)3)18-13(14)10-16/h11-12H,4-10,16H2,1-3H3. The maximum atomic E-state index is 5.74. The molecule has 1 rings (SSSR count). The molecule has 1 aromatic rings. The zero-order chi connectivity index (χ0) is 14.1. The molecule has 0 fully saturated rings. The Labute approximate surface area is 116 Å². The molecule has 0 atom stereocenters. The molecule has 1 heterocycles. The van der Waals surface area contributed by atoms with Gasteiger partial charge in [-0.3, -0.25) is 0 Å². The molecule has 0 radical (unpaired) electrons. The van der Waals surface area contributed by atoms with Gasteiger partial charge < -0.3 is 10.5 Å². The molecule has 0 amide bonds. The molecule has 0 aromatic carbocycles. The van der Waals surface area contributed by atoms with Crippen molar-refractivity contribution in [1.82, 2.24) is 9.97 Å². The lowest BCUT2D eigenvalue weighted by atomic mass is 10.2. The summed E-state index contributed by atoms with van der Waals surface area (Å²) < 4.78 is 5.74. The second kappa shape index (κ2) is 8.86. The Morgan fingerprint density at radius 2 is 1.95 bits per heavy atom. The van der Waals surface area contributed by atoms with Gasteiger partial charge in [0.2, 0.25) is 0 Å². The Morgan fingerprint density at radius 3 is 2.58 bits per heavy atom. The molecular weight excluding hydrogens is 238 g/mol. The highest BCUT2D eigenvalue weighted by Gasteiger charge is 2.09. The lowest BCUT2D eigenvalue weighted by Crippen LogP contribution is -2.09. The summed E-state index contributed by atoms with van der Waals surface area (Å²) in [5.74, 6) is 1.88. The van der Waals surface area contributed by atoms with Crippen molar-refractivity contribution in [2.75, 3.05) is 6.61 Å². The van der Waals surface area contributed by atoms with Crippen molar-refractivity contribution >= 4 is 0 Å². The first-order chi connectivity index (χ1) is 9.19. The largest absolute Gasteiger partial charge is 0.490 e. The molecule has 2 N–H and O–H groups in total. The van der Waals surface area contributed by atoms with Crippen LogP contribution in [0.2, 0.25) is 0 Å². The molecule has 0 saturated carbocycles. The molecule has 0 aliphatic heterocycles. The van der Waals surface area contributed by atoms with Crippen LogP contribution in [-0.2, 0) is 6.54 Å². The van der Waals surface area contributed by atoms with E-state index in [4.69, 9.17) is 10.5 Å². The van der Waals surface area contributed by atoms with E-state index in [1.807, 2.05) is 0 Å². The smallest absolute Gasteiger partial charge is 0.160 e. The molecule has 0 bridgehead atoms. The van der Waals surface area contributed by atoms with E-state index in [2.05, 4.69) is 30.7 Å². The highest BCUT2D eigenvalue weighted by atomic mass is 16.5. The van der Waals surface area contributed by atoms with Crippen molar-refractivity contribution in [2.24, 2.45) is 5.73 Å². The van der Waals surface area contributed by atoms with E-state index in [-0.39, 0.29) is 0 Å². The van der Waals surface area contributed by atoms with Gasteiger partial charge in [0.25, 0.3) is 0 Å². The van der Waals surface area contributed by atoms with Gasteiger partial charge in [-0.15, -0.1) is 0 Å². The number of nitrogens with two attached hydrogens (primary N) is 1. The fraction of sp³-hybridized carbons (Fsp3) is 0.733. The van der Waals surface area contributed by atoms with Crippen LogP contribution in [0, 0.1) is 0 Å². The molecule has 19 heavy (non-hydrogen) atoms. The van der Waals surface area contributed by atoms with E-state index >= 15 is 0 Å². The zero-order valence-corrected chi connectivity index (χ0v) is 12.5. The van der Waals surface area contributed by atoms with Crippen molar-refractivity contribution in [3.63, 3.8) is 0 Å². The van der Waals surface area contributed by atoms with Crippen molar-refractivity contribution in [3.05, 3.63) is 17.7 Å². The zero-order valence-electron chi connectivity index (χ0n) is 12.5. The summed E-state index contributed by atoms with van der Waals surface area (Å²) >= 11 is 0. The van der Waals surface area contributed by atoms with Gasteiger partial charge in [0.05, 0.1) is 18.5 Å². The van der Waals surface area contributed by atoms with E-state index in [0.717, 1.165) is 30.3 Å². The number of rotatable bonds is 9. The van der Waals surface area contributed by atoms with Crippen LogP contribution >= 0.6 is 0 Å². The van der Waals surface area contributed by atoms with Crippen LogP contribution in [0.4, 0.5) is 0 Å². The quantitative estimate of drug-likeness (QED) is 0.695. The summed E-state index contributed by atoms with van der Waals surface area (Å²) in [5, 5.41) is 0. The SMILES string of the molecule is CCCCCCCOc1cnc(C(C)C)nc1CN. The van der Waals surface area contributed by atoms with Gasteiger partial charge in [-0.25, -0.2) is 9.97 Å². The van der Waals surface area contributed by atoms with Gasteiger partial charge in [0.15, 0.2) is 5.75 Å². The second-order valence-electron chi connectivity index (χ2n) is 5.16. The molecular formula is C15H27N3O. The van der Waals surface area contributed by atoms with Crippen LogP contribution in [-0.4, -0.2) is 16.6 Å². The minimum Gasteiger partial charge on any atom is -0.490 e. The van der Waals surface area contributed by atoms with Gasteiger partial charge in [-0.2, -0.15) is 0 Å². The van der Waals surface area contributed by atoms with Gasteiger partial charge in [-0.05, 0) is 6.42 Å². The number of hydrogen-bond acceptors (Lipinski definition) is 4. The van der Waals surface area contributed by atoms with Crippen LogP contribution < -0.4 is 10.5 Å². The third-order valence-corrected chi connectivity index (χ3v) is 3.06. The maximum Gasteiger partial charge on any atom is 0.160 e. The number of nitrogens with zero attached hydrogens (tertiary/aromatic N) is 2. The molecule has 0 saturated heterocycles. The summed E-state index contributed by atoms with van der Waals surface area (Å²) in [6, 6.07) is 0. The number of aromatic nitrogens is 2. The highest BCUT2D eigenvalue weighted by molar-refractivity contribution is 5.25. The average Bonchev–Trinajstić information content (AvgIpc) is 2.42. The first-order valence-electron chi connectivity index (χ1n) is 7.37. The molecule has 0 aliphatic rings. The van der Waals surface area contributed by atoms with Gasteiger partial charge in [0.1, 0.15) is 5.82 Å². The van der Waals surface area contributed by atoms with E-state index in [0.29, 0.717) is 12.5 Å². The van der Waals surface area contributed by atoms with E-state index < -0.39 is 0 Å². The summed E-state index contributed by atoms with van der Waals surface area (Å²) in [5.41, 5.74) is 6.53. The van der Waals surface area contributed by atoms with Crippen molar-refractivity contribution in [1.29, 1.82) is 0 Å². The molecule has 0 unspecified atom stereocenters. The summed E-state index contributed by atoms with van der Waals surface area (Å²) in [6.07, 6.45) is 7.92. The number of ether oxygens (including phenoxy) is 1. The molecule has 1 aromatic heterocycles. The Kier molecular flexibility index (Phi) is 7.41. The van der Waals surface area contributed by atoms with Crippen LogP contribution in [0.3, 0.4) is 0 Å². The summed E-state index contributed by atoms with van der Waals surface area (Å²) in [7, 11) is 0. The molecule has 0 aliphatic carbocycles. The summed E-state index contributed by atoms with van der Waals surface area (Å²) in [6.45, 7) is 7.49. The minimum absolute atomic E-state index is 0.313. The number of unbranched alkanes of at least 4 members (excludes halogenated alkanes) is 4. The average molecular weight is 265 g/mol. The fourth-order valence-electron chi connectivity index (χ4n) is 1.85. The third-order valence-electron chi connectivity index (χ3n) is 3.06. The Bertz CT molecular complexity index is 366. The molecule has 4 nitrogen and oxygen atoms in total. The fourth-order valence-corrected chi connectivity index (χ4v) is 1.85. The summed E-state index contributed by atoms with van der Waals surface area (Å²) in [4.78, 5) is 8.78. The van der Waals surface area contributed by atoms with Crippen molar-refractivity contribution < 1.29 is 4.74 Å². The predicted molar refractivity (Wildman–Crippen MR) is 78.3 cm³/mol. The predicted octanol–water partition coefficient (Wildman–Crippen LogP) is 3.41. The van der Waals surface area contributed by atoms with Crippen LogP contribution in [0.5, 0.6) is 5.75 Å². The molecule has 0 spiro atoms. The monoisotopic (exact) mass is 265 g/mol. The first-order valence-corrected chi connectivity index (χ1v) is 7.37. The Hall–Kier alpha value is -1.16. The van der Waals surface area contributed by atoms with Crippen molar-refractivity contribution in [3.8, 4) is 5.75 Å². The normalized spacial score (nSPS) is 11.0. The topological polar surface area (TPSA) is 61.0 Å². The van der Waals surface area contributed by atoms with Gasteiger partial charge >= 0.3 is 0 Å². The van der Waals surface area contributed by atoms with Gasteiger partial charge in [-0.1, -0.05) is 46.5 Å². The van der Waals surface area contributed by atoms with E-state index in [1.165, 1.54) is 25.7 Å². The second-order valence-corrected chi connectivity index (χ2v) is 5.16. The first kappa shape index (κ1) is 15.9. The van der Waals surface area contributed by atoms with Crippen molar-refractivity contribution in [2.45, 2.75) is 65.3 Å². The molecule has 108 valence electrons. The van der Waals surface area contributed by atoms with Gasteiger partial charge in [0, 0.05) is 12.5 Å². The van der Waals surface area contributed by atoms with Crippen LogP contribution in [0.25, 0.3) is 0 Å². The Balaban J connectivity index is 2.44. The number of hydrogen-bond donors (Lipinski definition) is 1.